The molecule has 2 amide bonds. The Morgan fingerprint density at radius 3 is 2.24 bits per heavy atom. The normalized spacial score (nSPS) is 11.4. The molecule has 0 aliphatic rings. The second-order valence-corrected chi connectivity index (χ2v) is 9.68. The van der Waals surface area contributed by atoms with Gasteiger partial charge < -0.3 is 10.6 Å². The van der Waals surface area contributed by atoms with E-state index >= 15 is 0 Å². The van der Waals surface area contributed by atoms with Gasteiger partial charge in [-0.2, -0.15) is 0 Å². The van der Waals surface area contributed by atoms with Crippen LogP contribution in [0.25, 0.3) is 0 Å². The van der Waals surface area contributed by atoms with Crippen LogP contribution in [0.3, 0.4) is 0 Å². The van der Waals surface area contributed by atoms with Crippen molar-refractivity contribution >= 4 is 40.6 Å². The second kappa shape index (κ2) is 11.5. The zero-order valence-corrected chi connectivity index (χ0v) is 21.1. The standard InChI is InChI=1S/C29H25N3O4S/c1-19-11-16-26(20(2)17-19)31-29(34)27(21-7-4-3-5-8-21)37-25-10-6-9-23(18-25)30-28(33)22-12-14-24(15-13-22)32(35)36/h3-18,27H,1-2H3,(H,30,33)(H,31,34). The van der Waals surface area contributed by atoms with E-state index in [-0.39, 0.29) is 17.5 Å². The molecule has 0 saturated carbocycles. The smallest absolute Gasteiger partial charge is 0.269 e. The van der Waals surface area contributed by atoms with E-state index in [0.717, 1.165) is 27.3 Å². The highest BCUT2D eigenvalue weighted by Crippen LogP contribution is 2.37. The van der Waals surface area contributed by atoms with Crippen molar-refractivity contribution in [3.63, 3.8) is 0 Å². The van der Waals surface area contributed by atoms with Gasteiger partial charge in [-0.1, -0.05) is 54.1 Å². The van der Waals surface area contributed by atoms with Gasteiger partial charge in [0.15, 0.2) is 0 Å². The molecule has 0 aliphatic heterocycles. The van der Waals surface area contributed by atoms with Crippen molar-refractivity contribution in [2.45, 2.75) is 24.0 Å². The Kier molecular flexibility index (Phi) is 8.00. The summed E-state index contributed by atoms with van der Waals surface area (Å²) in [5.74, 6) is -0.535. The second-order valence-electron chi connectivity index (χ2n) is 8.50. The Labute approximate surface area is 219 Å². The number of rotatable bonds is 8. The maximum Gasteiger partial charge on any atom is 0.269 e. The highest BCUT2D eigenvalue weighted by Gasteiger charge is 2.23. The van der Waals surface area contributed by atoms with E-state index in [1.54, 1.807) is 18.2 Å². The van der Waals surface area contributed by atoms with Crippen LogP contribution in [0.1, 0.15) is 32.3 Å². The van der Waals surface area contributed by atoms with Gasteiger partial charge in [-0.3, -0.25) is 19.7 Å². The summed E-state index contributed by atoms with van der Waals surface area (Å²) in [5.41, 5.74) is 4.50. The highest BCUT2D eigenvalue weighted by atomic mass is 32.2. The number of carbonyl (C=O) groups excluding carboxylic acids is 2. The summed E-state index contributed by atoms with van der Waals surface area (Å²) in [7, 11) is 0. The van der Waals surface area contributed by atoms with Gasteiger partial charge in [-0.25, -0.2) is 0 Å². The molecule has 186 valence electrons. The average Bonchev–Trinajstić information content (AvgIpc) is 2.89. The van der Waals surface area contributed by atoms with Crippen LogP contribution in [-0.4, -0.2) is 16.7 Å². The lowest BCUT2D eigenvalue weighted by atomic mass is 10.1. The van der Waals surface area contributed by atoms with Crippen molar-refractivity contribution in [2.75, 3.05) is 10.6 Å². The molecule has 0 bridgehead atoms. The van der Waals surface area contributed by atoms with Crippen molar-refractivity contribution in [3.05, 3.63) is 129 Å². The van der Waals surface area contributed by atoms with E-state index in [4.69, 9.17) is 0 Å². The lowest BCUT2D eigenvalue weighted by Crippen LogP contribution is -2.19. The molecule has 8 heteroatoms. The molecule has 4 rings (SSSR count). The highest BCUT2D eigenvalue weighted by molar-refractivity contribution is 8.00. The quantitative estimate of drug-likeness (QED) is 0.152. The summed E-state index contributed by atoms with van der Waals surface area (Å²) in [5, 5.41) is 16.2. The number of anilines is 2. The number of benzene rings is 4. The SMILES string of the molecule is Cc1ccc(NC(=O)C(Sc2cccc(NC(=O)c3ccc([N+](=O)[O-])cc3)c2)c2ccccc2)c(C)c1. The van der Waals surface area contributed by atoms with Crippen molar-refractivity contribution in [1.82, 2.24) is 0 Å². The fourth-order valence-corrected chi connectivity index (χ4v) is 4.86. The van der Waals surface area contributed by atoms with Crippen LogP contribution in [0.4, 0.5) is 17.1 Å². The van der Waals surface area contributed by atoms with Gasteiger partial charge in [0.2, 0.25) is 5.91 Å². The lowest BCUT2D eigenvalue weighted by molar-refractivity contribution is -0.384. The van der Waals surface area contributed by atoms with Crippen LogP contribution in [0.2, 0.25) is 0 Å². The number of hydrogen-bond acceptors (Lipinski definition) is 5. The number of nitro groups is 1. The topological polar surface area (TPSA) is 101 Å². The molecule has 0 fully saturated rings. The molecule has 1 atom stereocenters. The van der Waals surface area contributed by atoms with Gasteiger partial charge in [0.05, 0.1) is 4.92 Å². The molecule has 4 aromatic carbocycles. The maximum atomic E-state index is 13.4. The van der Waals surface area contributed by atoms with E-state index in [2.05, 4.69) is 10.6 Å². The number of aryl methyl sites for hydroxylation is 2. The van der Waals surface area contributed by atoms with Gasteiger partial charge in [0.1, 0.15) is 5.25 Å². The van der Waals surface area contributed by atoms with Crippen molar-refractivity contribution in [2.24, 2.45) is 0 Å². The van der Waals surface area contributed by atoms with Crippen molar-refractivity contribution in [1.29, 1.82) is 0 Å². The van der Waals surface area contributed by atoms with Crippen LogP contribution in [0, 0.1) is 24.0 Å². The molecule has 0 saturated heterocycles. The number of nitro benzene ring substituents is 1. The maximum absolute atomic E-state index is 13.4. The van der Waals surface area contributed by atoms with Crippen LogP contribution < -0.4 is 10.6 Å². The third kappa shape index (κ3) is 6.62. The van der Waals surface area contributed by atoms with Crippen LogP contribution in [0.5, 0.6) is 0 Å². The molecule has 0 aromatic heterocycles. The Balaban J connectivity index is 1.53. The van der Waals surface area contributed by atoms with Gasteiger partial charge >= 0.3 is 0 Å². The zero-order valence-electron chi connectivity index (χ0n) is 20.3. The Morgan fingerprint density at radius 2 is 1.57 bits per heavy atom. The first-order valence-electron chi connectivity index (χ1n) is 11.6. The predicted molar refractivity (Wildman–Crippen MR) is 147 cm³/mol. The molecule has 7 nitrogen and oxygen atoms in total. The first kappa shape index (κ1) is 25.7. The lowest BCUT2D eigenvalue weighted by Gasteiger charge is -2.18. The molecule has 0 aliphatic carbocycles. The van der Waals surface area contributed by atoms with E-state index in [9.17, 15) is 19.7 Å². The number of hydrogen-bond donors (Lipinski definition) is 2. The minimum absolute atomic E-state index is 0.0824. The molecule has 1 unspecified atom stereocenters. The summed E-state index contributed by atoms with van der Waals surface area (Å²) in [6.07, 6.45) is 0. The number of non-ortho nitro benzene ring substituents is 1. The van der Waals surface area contributed by atoms with E-state index < -0.39 is 10.2 Å². The first-order chi connectivity index (χ1) is 17.8. The Bertz CT molecular complexity index is 1440. The van der Waals surface area contributed by atoms with Gasteiger partial charge in [0, 0.05) is 34.0 Å². The molecule has 0 spiro atoms. The molecule has 4 aromatic rings. The van der Waals surface area contributed by atoms with Crippen molar-refractivity contribution in [3.8, 4) is 0 Å². The van der Waals surface area contributed by atoms with Gasteiger partial charge in [0.25, 0.3) is 11.6 Å². The van der Waals surface area contributed by atoms with Crippen LogP contribution in [0.15, 0.2) is 102 Å². The molecule has 0 radical (unpaired) electrons. The molecular weight excluding hydrogens is 486 g/mol. The molecule has 37 heavy (non-hydrogen) atoms. The Hall–Kier alpha value is -4.43. The molecular formula is C29H25N3O4S. The largest absolute Gasteiger partial charge is 0.325 e. The molecule has 2 N–H and O–H groups in total. The van der Waals surface area contributed by atoms with E-state index in [1.165, 1.54) is 36.0 Å². The minimum Gasteiger partial charge on any atom is -0.325 e. The van der Waals surface area contributed by atoms with Gasteiger partial charge in [-0.15, -0.1) is 11.8 Å². The summed E-state index contributed by atoms with van der Waals surface area (Å²) in [6.45, 7) is 3.97. The summed E-state index contributed by atoms with van der Waals surface area (Å²) in [6, 6.07) is 28.1. The van der Waals surface area contributed by atoms with E-state index in [1.807, 2.05) is 68.4 Å². The first-order valence-corrected chi connectivity index (χ1v) is 12.4. The number of carbonyl (C=O) groups is 2. The van der Waals surface area contributed by atoms with Crippen LogP contribution >= 0.6 is 11.8 Å². The van der Waals surface area contributed by atoms with E-state index in [0.29, 0.717) is 11.3 Å². The third-order valence-electron chi connectivity index (χ3n) is 5.67. The minimum atomic E-state index is -0.525. The zero-order chi connectivity index (χ0) is 26.4. The summed E-state index contributed by atoms with van der Waals surface area (Å²) < 4.78 is 0. The Morgan fingerprint density at radius 1 is 0.838 bits per heavy atom. The third-order valence-corrected chi connectivity index (χ3v) is 6.91. The fraction of sp³-hybridized carbons (Fsp3) is 0.103. The number of nitrogens with one attached hydrogen (secondary N) is 2. The summed E-state index contributed by atoms with van der Waals surface area (Å²) in [4.78, 5) is 37.2. The number of amides is 2. The van der Waals surface area contributed by atoms with Crippen LogP contribution in [-0.2, 0) is 4.79 Å². The number of thioether (sulfide) groups is 1. The fourth-order valence-electron chi connectivity index (χ4n) is 3.77. The van der Waals surface area contributed by atoms with Crippen molar-refractivity contribution < 1.29 is 14.5 Å². The monoisotopic (exact) mass is 511 g/mol. The number of nitrogens with zero attached hydrogens (tertiary/aromatic N) is 1. The predicted octanol–water partition coefficient (Wildman–Crippen LogP) is 6.94. The summed E-state index contributed by atoms with van der Waals surface area (Å²) >= 11 is 1.38. The van der Waals surface area contributed by atoms with Gasteiger partial charge in [-0.05, 0) is 61.4 Å². The average molecular weight is 512 g/mol. The molecule has 0 heterocycles.